The summed E-state index contributed by atoms with van der Waals surface area (Å²) in [6, 6.07) is 27.9. The van der Waals surface area contributed by atoms with Crippen molar-refractivity contribution >= 4 is 29.2 Å². The van der Waals surface area contributed by atoms with Crippen molar-refractivity contribution in [2.45, 2.75) is 19.8 Å². The van der Waals surface area contributed by atoms with Crippen LogP contribution >= 0.6 is 11.6 Å². The molecule has 0 saturated heterocycles. The second kappa shape index (κ2) is 12.7. The number of carbonyl (C=O) groups excluding carboxylic acids is 2. The van der Waals surface area contributed by atoms with Crippen LogP contribution in [-0.4, -0.2) is 46.2 Å². The number of para-hydroxylation sites is 2. The van der Waals surface area contributed by atoms with Gasteiger partial charge in [0, 0.05) is 18.2 Å². The van der Waals surface area contributed by atoms with Crippen molar-refractivity contribution in [3.05, 3.63) is 96.0 Å². The van der Waals surface area contributed by atoms with Crippen LogP contribution in [-0.2, 0) is 9.59 Å². The van der Waals surface area contributed by atoms with Crippen molar-refractivity contribution in [1.82, 2.24) is 14.7 Å². The molecule has 0 radical (unpaired) electrons. The maximum atomic E-state index is 13.2. The molecule has 4 rings (SSSR count). The van der Waals surface area contributed by atoms with E-state index in [2.05, 4.69) is 5.32 Å². The van der Waals surface area contributed by atoms with E-state index in [0.29, 0.717) is 34.5 Å². The Morgan fingerprint density at radius 2 is 1.65 bits per heavy atom. The van der Waals surface area contributed by atoms with Gasteiger partial charge in [-0.3, -0.25) is 9.59 Å². The first-order valence-electron chi connectivity index (χ1n) is 12.2. The first kappa shape index (κ1) is 26.0. The van der Waals surface area contributed by atoms with Crippen molar-refractivity contribution < 1.29 is 14.3 Å². The minimum atomic E-state index is -0.336. The van der Waals surface area contributed by atoms with Crippen LogP contribution in [0.4, 0.5) is 5.82 Å². The lowest BCUT2D eigenvalue weighted by Gasteiger charge is -2.22. The van der Waals surface area contributed by atoms with Gasteiger partial charge in [0.15, 0.2) is 6.61 Å². The van der Waals surface area contributed by atoms with E-state index in [1.54, 1.807) is 28.9 Å². The second-order valence-electron chi connectivity index (χ2n) is 8.46. The average Bonchev–Trinajstić information content (AvgIpc) is 3.34. The smallest absolute Gasteiger partial charge is 0.260 e. The van der Waals surface area contributed by atoms with E-state index in [-0.39, 0.29) is 25.0 Å². The summed E-state index contributed by atoms with van der Waals surface area (Å²) in [5, 5.41) is 8.14. The molecule has 0 saturated carbocycles. The van der Waals surface area contributed by atoms with Crippen molar-refractivity contribution in [2.24, 2.45) is 0 Å². The number of nitrogens with one attached hydrogen (secondary N) is 1. The standard InChI is InChI=1S/C29H29ClN4O3/c1-2-3-18-33(29(36)21-37-23-14-8-5-9-15-23)20-28(35)31-27-19-25(22-12-6-4-7-13-22)32-34(27)26-17-11-10-16-24(26)30/h4-17,19H,2-3,18,20-21H2,1H3,(H,31,35). The van der Waals surface area contributed by atoms with Gasteiger partial charge < -0.3 is 15.0 Å². The summed E-state index contributed by atoms with van der Waals surface area (Å²) in [6.07, 6.45) is 1.67. The van der Waals surface area contributed by atoms with Gasteiger partial charge in [-0.05, 0) is 30.7 Å². The Balaban J connectivity index is 1.52. The third kappa shape index (κ3) is 6.98. The van der Waals surface area contributed by atoms with E-state index in [1.165, 1.54) is 4.90 Å². The number of halogens is 1. The Morgan fingerprint density at radius 3 is 2.35 bits per heavy atom. The van der Waals surface area contributed by atoms with Crippen molar-refractivity contribution in [1.29, 1.82) is 0 Å². The molecule has 4 aromatic rings. The summed E-state index contributed by atoms with van der Waals surface area (Å²) in [4.78, 5) is 27.6. The lowest BCUT2D eigenvalue weighted by atomic mass is 10.1. The average molecular weight is 517 g/mol. The summed E-state index contributed by atoms with van der Waals surface area (Å²) >= 11 is 6.45. The molecular formula is C29H29ClN4O3. The quantitative estimate of drug-likeness (QED) is 0.272. The maximum absolute atomic E-state index is 13.2. The van der Waals surface area contributed by atoms with Crippen molar-refractivity contribution in [2.75, 3.05) is 25.0 Å². The lowest BCUT2D eigenvalue weighted by molar-refractivity contribution is -0.136. The molecule has 1 heterocycles. The zero-order valence-electron chi connectivity index (χ0n) is 20.6. The number of anilines is 1. The molecule has 7 nitrogen and oxygen atoms in total. The van der Waals surface area contributed by atoms with Gasteiger partial charge in [-0.15, -0.1) is 0 Å². The summed E-state index contributed by atoms with van der Waals surface area (Å²) < 4.78 is 7.23. The van der Waals surface area contributed by atoms with Crippen molar-refractivity contribution in [3.8, 4) is 22.7 Å². The van der Waals surface area contributed by atoms with E-state index >= 15 is 0 Å². The predicted molar refractivity (Wildman–Crippen MR) is 146 cm³/mol. The fraction of sp³-hybridized carbons (Fsp3) is 0.207. The number of nitrogens with zero attached hydrogens (tertiary/aromatic N) is 3. The number of aromatic nitrogens is 2. The Morgan fingerprint density at radius 1 is 0.973 bits per heavy atom. The number of rotatable bonds is 11. The SMILES string of the molecule is CCCCN(CC(=O)Nc1cc(-c2ccccc2)nn1-c1ccccc1Cl)C(=O)COc1ccccc1. The molecule has 1 aromatic heterocycles. The highest BCUT2D eigenvalue weighted by atomic mass is 35.5. The van der Waals surface area contributed by atoms with Crippen LogP contribution in [0.3, 0.4) is 0 Å². The van der Waals surface area contributed by atoms with E-state index < -0.39 is 0 Å². The van der Waals surface area contributed by atoms with E-state index in [0.717, 1.165) is 18.4 Å². The third-order valence-electron chi connectivity index (χ3n) is 5.70. The molecule has 0 unspecified atom stereocenters. The highest BCUT2D eigenvalue weighted by molar-refractivity contribution is 6.32. The lowest BCUT2D eigenvalue weighted by Crippen LogP contribution is -2.41. The highest BCUT2D eigenvalue weighted by Gasteiger charge is 2.20. The van der Waals surface area contributed by atoms with E-state index in [1.807, 2.05) is 73.7 Å². The zero-order chi connectivity index (χ0) is 26.0. The molecule has 8 heteroatoms. The molecule has 0 spiro atoms. The molecule has 1 N–H and O–H groups in total. The molecule has 3 aromatic carbocycles. The molecule has 37 heavy (non-hydrogen) atoms. The number of ether oxygens (including phenoxy) is 1. The summed E-state index contributed by atoms with van der Waals surface area (Å²) in [5.41, 5.74) is 2.23. The predicted octanol–water partition coefficient (Wildman–Crippen LogP) is 5.84. The number of carbonyl (C=O) groups is 2. The second-order valence-corrected chi connectivity index (χ2v) is 8.87. The summed E-state index contributed by atoms with van der Waals surface area (Å²) in [7, 11) is 0. The van der Waals surface area contributed by atoms with Gasteiger partial charge in [-0.1, -0.05) is 85.6 Å². The van der Waals surface area contributed by atoms with Gasteiger partial charge in [0.25, 0.3) is 5.91 Å². The van der Waals surface area contributed by atoms with Crippen LogP contribution in [0.15, 0.2) is 91.0 Å². The van der Waals surface area contributed by atoms with Gasteiger partial charge in [0.2, 0.25) is 5.91 Å². The number of amides is 2. The number of benzene rings is 3. The summed E-state index contributed by atoms with van der Waals surface area (Å²) in [6.45, 7) is 2.25. The number of hydrogen-bond acceptors (Lipinski definition) is 4. The number of hydrogen-bond donors (Lipinski definition) is 1. The third-order valence-corrected chi connectivity index (χ3v) is 6.02. The monoisotopic (exact) mass is 516 g/mol. The molecular weight excluding hydrogens is 488 g/mol. The molecule has 2 amide bonds. The van der Waals surface area contributed by atoms with Crippen molar-refractivity contribution in [3.63, 3.8) is 0 Å². The molecule has 0 atom stereocenters. The first-order valence-corrected chi connectivity index (χ1v) is 12.6. The minimum Gasteiger partial charge on any atom is -0.484 e. The zero-order valence-corrected chi connectivity index (χ0v) is 21.4. The Hall–Kier alpha value is -4.10. The molecule has 190 valence electrons. The molecule has 0 bridgehead atoms. The van der Waals surface area contributed by atoms with Gasteiger partial charge in [0.05, 0.1) is 16.4 Å². The van der Waals surface area contributed by atoms with Crippen LogP contribution in [0.5, 0.6) is 5.75 Å². The molecule has 0 aliphatic carbocycles. The first-order chi connectivity index (χ1) is 18.0. The van der Waals surface area contributed by atoms with Gasteiger partial charge in [-0.25, -0.2) is 4.68 Å². The largest absolute Gasteiger partial charge is 0.484 e. The van der Waals surface area contributed by atoms with Crippen LogP contribution < -0.4 is 10.1 Å². The Bertz CT molecular complexity index is 1330. The Kier molecular flexibility index (Phi) is 8.94. The van der Waals surface area contributed by atoms with Crippen LogP contribution in [0.1, 0.15) is 19.8 Å². The Labute approximate surface area is 221 Å². The summed E-state index contributed by atoms with van der Waals surface area (Å²) in [5.74, 6) is 0.474. The molecule has 0 fully saturated rings. The van der Waals surface area contributed by atoms with Gasteiger partial charge >= 0.3 is 0 Å². The normalized spacial score (nSPS) is 10.6. The minimum absolute atomic E-state index is 0.106. The molecule has 0 aliphatic rings. The van der Waals surface area contributed by atoms with Crippen LogP contribution in [0.2, 0.25) is 5.02 Å². The van der Waals surface area contributed by atoms with E-state index in [4.69, 9.17) is 21.4 Å². The fourth-order valence-electron chi connectivity index (χ4n) is 3.78. The van der Waals surface area contributed by atoms with Crippen LogP contribution in [0, 0.1) is 0 Å². The van der Waals surface area contributed by atoms with Gasteiger partial charge in [-0.2, -0.15) is 5.10 Å². The van der Waals surface area contributed by atoms with Crippen LogP contribution in [0.25, 0.3) is 16.9 Å². The number of unbranched alkanes of at least 4 members (excludes halogenated alkanes) is 1. The van der Waals surface area contributed by atoms with Gasteiger partial charge in [0.1, 0.15) is 18.1 Å². The van der Waals surface area contributed by atoms with E-state index in [9.17, 15) is 9.59 Å². The fourth-order valence-corrected chi connectivity index (χ4v) is 3.99. The highest BCUT2D eigenvalue weighted by Crippen LogP contribution is 2.28. The topological polar surface area (TPSA) is 76.5 Å². The molecule has 0 aliphatic heterocycles. The maximum Gasteiger partial charge on any atom is 0.260 e.